The number of thiophene rings is 2. The van der Waals surface area contributed by atoms with Crippen LogP contribution in [-0.4, -0.2) is 0 Å². The maximum Gasteiger partial charge on any atom is 0.0133 e. The Hall–Kier alpha value is -0.600. The van der Waals surface area contributed by atoms with Crippen LogP contribution >= 0.6 is 22.7 Å². The lowest BCUT2D eigenvalue weighted by Gasteiger charge is -2.20. The standard InChI is InChI=1S/2C11H18S/c1-8(2)10-9(6-7-12-10)11(3,4)5;1-8(2)9-6-7-12-10(9)11(3,4)5/h2*6-8H,1-5H3. The zero-order valence-electron chi connectivity index (χ0n) is 17.3. The van der Waals surface area contributed by atoms with E-state index in [9.17, 15) is 0 Å². The normalized spacial score (nSPS) is 12.5. The summed E-state index contributed by atoms with van der Waals surface area (Å²) >= 11 is 3.77. The summed E-state index contributed by atoms with van der Waals surface area (Å²) in [4.78, 5) is 3.08. The third-order valence-electron chi connectivity index (χ3n) is 4.03. The molecule has 2 heterocycles. The molecule has 24 heavy (non-hydrogen) atoms. The van der Waals surface area contributed by atoms with Crippen LogP contribution in [0, 0.1) is 0 Å². The Kier molecular flexibility index (Phi) is 7.31. The van der Waals surface area contributed by atoms with E-state index in [1.807, 2.05) is 22.7 Å². The zero-order valence-corrected chi connectivity index (χ0v) is 18.9. The second-order valence-electron chi connectivity index (χ2n) is 9.21. The summed E-state index contributed by atoms with van der Waals surface area (Å²) in [7, 11) is 0. The average molecular weight is 365 g/mol. The van der Waals surface area contributed by atoms with Gasteiger partial charge in [-0.05, 0) is 56.7 Å². The van der Waals surface area contributed by atoms with Crippen LogP contribution in [0.25, 0.3) is 0 Å². The molecule has 2 rings (SSSR count). The van der Waals surface area contributed by atoms with Crippen LogP contribution in [0.3, 0.4) is 0 Å². The van der Waals surface area contributed by atoms with E-state index in [1.54, 1.807) is 4.88 Å². The fraction of sp³-hybridized carbons (Fsp3) is 0.636. The molecule has 0 atom stereocenters. The third kappa shape index (κ3) is 5.74. The van der Waals surface area contributed by atoms with Crippen LogP contribution in [0.15, 0.2) is 22.9 Å². The highest BCUT2D eigenvalue weighted by Gasteiger charge is 2.21. The molecule has 0 fully saturated rings. The van der Waals surface area contributed by atoms with Crippen molar-refractivity contribution in [2.45, 2.75) is 91.9 Å². The summed E-state index contributed by atoms with van der Waals surface area (Å²) < 4.78 is 0. The van der Waals surface area contributed by atoms with Crippen LogP contribution in [0.2, 0.25) is 0 Å². The molecule has 0 spiro atoms. The Balaban J connectivity index is 0.000000240. The van der Waals surface area contributed by atoms with Gasteiger partial charge < -0.3 is 0 Å². The van der Waals surface area contributed by atoms with Gasteiger partial charge in [-0.2, -0.15) is 0 Å². The van der Waals surface area contributed by atoms with E-state index in [-0.39, 0.29) is 0 Å². The second kappa shape index (κ2) is 8.19. The highest BCUT2D eigenvalue weighted by molar-refractivity contribution is 7.10. The summed E-state index contributed by atoms with van der Waals surface area (Å²) in [6, 6.07) is 4.52. The third-order valence-corrected chi connectivity index (χ3v) is 6.60. The lowest BCUT2D eigenvalue weighted by molar-refractivity contribution is 0.582. The molecule has 136 valence electrons. The van der Waals surface area contributed by atoms with E-state index in [2.05, 4.69) is 92.1 Å². The largest absolute Gasteiger partial charge is 0.148 e. The molecule has 0 aromatic carbocycles. The van der Waals surface area contributed by atoms with E-state index in [1.165, 1.54) is 16.0 Å². The van der Waals surface area contributed by atoms with Crippen LogP contribution in [0.4, 0.5) is 0 Å². The zero-order chi connectivity index (χ0) is 18.7. The molecule has 0 unspecified atom stereocenters. The quantitative estimate of drug-likeness (QED) is 0.502. The Bertz CT molecular complexity index is 557. The van der Waals surface area contributed by atoms with Crippen molar-refractivity contribution in [2.75, 3.05) is 0 Å². The number of rotatable bonds is 2. The van der Waals surface area contributed by atoms with Gasteiger partial charge in [0.2, 0.25) is 0 Å². The molecular weight excluding hydrogens is 328 g/mol. The van der Waals surface area contributed by atoms with Crippen LogP contribution in [0.5, 0.6) is 0 Å². The maximum absolute atomic E-state index is 2.28. The molecule has 0 aliphatic rings. The smallest absolute Gasteiger partial charge is 0.0133 e. The fourth-order valence-corrected chi connectivity index (χ4v) is 5.04. The minimum atomic E-state index is 0.305. The minimum Gasteiger partial charge on any atom is -0.148 e. The molecule has 0 aliphatic heterocycles. The Morgan fingerprint density at radius 3 is 1.58 bits per heavy atom. The van der Waals surface area contributed by atoms with Gasteiger partial charge in [0, 0.05) is 9.75 Å². The van der Waals surface area contributed by atoms with Gasteiger partial charge in [-0.15, -0.1) is 22.7 Å². The van der Waals surface area contributed by atoms with Gasteiger partial charge in [0.05, 0.1) is 0 Å². The van der Waals surface area contributed by atoms with Gasteiger partial charge in [0.25, 0.3) is 0 Å². The molecule has 0 N–H and O–H groups in total. The van der Waals surface area contributed by atoms with E-state index < -0.39 is 0 Å². The Labute approximate surface area is 158 Å². The van der Waals surface area contributed by atoms with E-state index >= 15 is 0 Å². The SMILES string of the molecule is CC(C)c1ccsc1C(C)(C)C.CC(C)c1sccc1C(C)(C)C. The molecule has 0 saturated heterocycles. The highest BCUT2D eigenvalue weighted by Crippen LogP contribution is 2.35. The van der Waals surface area contributed by atoms with Crippen molar-refractivity contribution < 1.29 is 0 Å². The number of hydrogen-bond acceptors (Lipinski definition) is 2. The first-order chi connectivity index (χ1) is 10.9. The fourth-order valence-electron chi connectivity index (χ4n) is 2.77. The molecule has 0 radical (unpaired) electrons. The van der Waals surface area contributed by atoms with Gasteiger partial charge in [-0.25, -0.2) is 0 Å². The molecule has 0 aliphatic carbocycles. The molecule has 2 aromatic heterocycles. The van der Waals surface area contributed by atoms with Gasteiger partial charge >= 0.3 is 0 Å². The lowest BCUT2D eigenvalue weighted by Crippen LogP contribution is -2.12. The van der Waals surface area contributed by atoms with Crippen molar-refractivity contribution >= 4 is 22.7 Å². The number of hydrogen-bond donors (Lipinski definition) is 0. The molecule has 0 nitrogen and oxygen atoms in total. The van der Waals surface area contributed by atoms with Crippen molar-refractivity contribution in [1.82, 2.24) is 0 Å². The van der Waals surface area contributed by atoms with Crippen molar-refractivity contribution in [1.29, 1.82) is 0 Å². The van der Waals surface area contributed by atoms with Gasteiger partial charge in [0.1, 0.15) is 0 Å². The van der Waals surface area contributed by atoms with Crippen molar-refractivity contribution in [3.8, 4) is 0 Å². The molecule has 2 aromatic rings. The summed E-state index contributed by atoms with van der Waals surface area (Å²) in [6.07, 6.45) is 0. The Morgan fingerprint density at radius 2 is 1.25 bits per heavy atom. The molecular formula is C22H36S2. The van der Waals surface area contributed by atoms with Crippen molar-refractivity contribution in [2.24, 2.45) is 0 Å². The summed E-state index contributed by atoms with van der Waals surface area (Å²) in [5.41, 5.74) is 3.66. The van der Waals surface area contributed by atoms with Crippen LogP contribution in [0.1, 0.15) is 102 Å². The summed E-state index contributed by atoms with van der Waals surface area (Å²) in [6.45, 7) is 22.7. The molecule has 0 bridgehead atoms. The van der Waals surface area contributed by atoms with Crippen molar-refractivity contribution in [3.63, 3.8) is 0 Å². The van der Waals surface area contributed by atoms with Crippen LogP contribution in [-0.2, 0) is 10.8 Å². The average Bonchev–Trinajstić information content (AvgIpc) is 3.07. The lowest BCUT2D eigenvalue weighted by atomic mass is 9.85. The minimum absolute atomic E-state index is 0.305. The van der Waals surface area contributed by atoms with Gasteiger partial charge in [-0.1, -0.05) is 69.2 Å². The first-order valence-electron chi connectivity index (χ1n) is 9.01. The first-order valence-corrected chi connectivity index (χ1v) is 10.8. The Morgan fingerprint density at radius 1 is 0.708 bits per heavy atom. The summed E-state index contributed by atoms with van der Waals surface area (Å²) in [5.74, 6) is 1.32. The highest BCUT2D eigenvalue weighted by atomic mass is 32.1. The predicted molar refractivity (Wildman–Crippen MR) is 114 cm³/mol. The van der Waals surface area contributed by atoms with E-state index in [0.717, 1.165) is 0 Å². The van der Waals surface area contributed by atoms with E-state index in [0.29, 0.717) is 22.7 Å². The molecule has 0 saturated carbocycles. The second-order valence-corrected chi connectivity index (χ2v) is 11.1. The predicted octanol–water partition coefficient (Wildman–Crippen LogP) is 8.34. The monoisotopic (exact) mass is 364 g/mol. The van der Waals surface area contributed by atoms with Crippen molar-refractivity contribution in [3.05, 3.63) is 43.8 Å². The summed E-state index contributed by atoms with van der Waals surface area (Å²) in [5, 5.41) is 4.41. The van der Waals surface area contributed by atoms with Gasteiger partial charge in [-0.3, -0.25) is 0 Å². The first kappa shape index (κ1) is 21.4. The molecule has 2 heteroatoms. The maximum atomic E-state index is 2.28. The molecule has 0 amide bonds. The topological polar surface area (TPSA) is 0 Å². The van der Waals surface area contributed by atoms with E-state index in [4.69, 9.17) is 0 Å². The van der Waals surface area contributed by atoms with Gasteiger partial charge in [0.15, 0.2) is 0 Å². The van der Waals surface area contributed by atoms with Crippen LogP contribution < -0.4 is 0 Å².